The number of ketones is 2. The Bertz CT molecular complexity index is 1130. The molecular formula is C24H18O4. The molecule has 4 aromatic carbocycles. The molecule has 0 fully saturated rings. The molecule has 4 nitrogen and oxygen atoms in total. The minimum absolute atomic E-state index is 0.0889. The standard InChI is InChI=1S/C24H18O4/c25-21-7-5-15-11-19(3-1-17(15)13-21)23(27)9-10-24(28)20-4-2-18-14-22(26)8-6-16(18)12-20/h1-8,11-14,25-26H,9-10H2. The van der Waals surface area contributed by atoms with Crippen molar-refractivity contribution in [1.82, 2.24) is 0 Å². The molecule has 0 aliphatic heterocycles. The van der Waals surface area contributed by atoms with Crippen molar-refractivity contribution in [2.24, 2.45) is 0 Å². The molecule has 0 saturated heterocycles. The van der Waals surface area contributed by atoms with E-state index < -0.39 is 0 Å². The van der Waals surface area contributed by atoms with Crippen molar-refractivity contribution in [1.29, 1.82) is 0 Å². The van der Waals surface area contributed by atoms with Crippen molar-refractivity contribution < 1.29 is 19.8 Å². The summed E-state index contributed by atoms with van der Waals surface area (Å²) in [6.45, 7) is 0. The smallest absolute Gasteiger partial charge is 0.163 e. The van der Waals surface area contributed by atoms with Crippen LogP contribution in [-0.2, 0) is 0 Å². The molecule has 0 atom stereocenters. The number of rotatable bonds is 5. The third-order valence-corrected chi connectivity index (χ3v) is 4.87. The molecule has 0 heterocycles. The lowest BCUT2D eigenvalue weighted by molar-refractivity contribution is 0.0917. The summed E-state index contributed by atoms with van der Waals surface area (Å²) in [5.74, 6) is 0.189. The van der Waals surface area contributed by atoms with Crippen LogP contribution in [-0.4, -0.2) is 21.8 Å². The Hall–Kier alpha value is -3.66. The maximum atomic E-state index is 12.5. The zero-order valence-electron chi connectivity index (χ0n) is 15.1. The van der Waals surface area contributed by atoms with Crippen LogP contribution >= 0.6 is 0 Å². The average Bonchev–Trinajstić information content (AvgIpc) is 2.70. The quantitative estimate of drug-likeness (QED) is 0.471. The van der Waals surface area contributed by atoms with Crippen molar-refractivity contribution in [3.05, 3.63) is 83.9 Å². The second kappa shape index (κ2) is 7.16. The SMILES string of the molecule is O=C(CCC(=O)c1ccc2cc(O)ccc2c1)c1ccc2cc(O)ccc2c1. The molecule has 2 N–H and O–H groups in total. The predicted molar refractivity (Wildman–Crippen MR) is 109 cm³/mol. The lowest BCUT2D eigenvalue weighted by Crippen LogP contribution is -2.05. The predicted octanol–water partition coefficient (Wildman–Crippen LogP) is 5.25. The van der Waals surface area contributed by atoms with Crippen molar-refractivity contribution in [2.75, 3.05) is 0 Å². The van der Waals surface area contributed by atoms with Gasteiger partial charge in [0.15, 0.2) is 11.6 Å². The minimum Gasteiger partial charge on any atom is -0.508 e. The van der Waals surface area contributed by atoms with Gasteiger partial charge in [0.25, 0.3) is 0 Å². The van der Waals surface area contributed by atoms with Crippen molar-refractivity contribution in [3.8, 4) is 11.5 Å². The molecule has 0 aliphatic carbocycles. The first-order valence-corrected chi connectivity index (χ1v) is 9.01. The van der Waals surface area contributed by atoms with Gasteiger partial charge in [0, 0.05) is 24.0 Å². The summed E-state index contributed by atoms with van der Waals surface area (Å²) in [6.07, 6.45) is 0.270. The molecule has 0 aromatic heterocycles. The lowest BCUT2D eigenvalue weighted by Gasteiger charge is -2.05. The Kier molecular flexibility index (Phi) is 4.53. The Morgan fingerprint density at radius 3 is 1.32 bits per heavy atom. The summed E-state index contributed by atoms with van der Waals surface area (Å²) in [5, 5.41) is 22.5. The van der Waals surface area contributed by atoms with Gasteiger partial charge in [0.2, 0.25) is 0 Å². The Morgan fingerprint density at radius 1 is 0.536 bits per heavy atom. The number of Topliss-reactive ketones (excluding diaryl/α,β-unsaturated/α-hetero) is 2. The zero-order valence-corrected chi connectivity index (χ0v) is 15.1. The number of aromatic hydroxyl groups is 2. The molecular weight excluding hydrogens is 352 g/mol. The van der Waals surface area contributed by atoms with Crippen molar-refractivity contribution in [3.63, 3.8) is 0 Å². The maximum Gasteiger partial charge on any atom is 0.163 e. The normalized spacial score (nSPS) is 11.0. The third kappa shape index (κ3) is 3.58. The average molecular weight is 370 g/mol. The molecule has 0 unspecified atom stereocenters. The highest BCUT2D eigenvalue weighted by Gasteiger charge is 2.12. The highest BCUT2D eigenvalue weighted by Crippen LogP contribution is 2.23. The number of benzene rings is 4. The molecule has 0 spiro atoms. The largest absolute Gasteiger partial charge is 0.508 e. The van der Waals surface area contributed by atoms with Gasteiger partial charge in [-0.2, -0.15) is 0 Å². The number of carbonyl (C=O) groups excluding carboxylic acids is 2. The highest BCUT2D eigenvalue weighted by molar-refractivity contribution is 6.05. The molecule has 0 radical (unpaired) electrons. The summed E-state index contributed by atoms with van der Waals surface area (Å²) < 4.78 is 0. The molecule has 0 saturated carbocycles. The highest BCUT2D eigenvalue weighted by atomic mass is 16.3. The van der Waals surface area contributed by atoms with Gasteiger partial charge in [-0.25, -0.2) is 0 Å². The van der Waals surface area contributed by atoms with Crippen LogP contribution in [0, 0.1) is 0 Å². The number of hydrogen-bond acceptors (Lipinski definition) is 4. The number of carbonyl (C=O) groups is 2. The van der Waals surface area contributed by atoms with Crippen LogP contribution in [0.1, 0.15) is 33.6 Å². The summed E-state index contributed by atoms with van der Waals surface area (Å²) >= 11 is 0. The molecule has 0 aliphatic rings. The third-order valence-electron chi connectivity index (χ3n) is 4.87. The monoisotopic (exact) mass is 370 g/mol. The molecule has 4 heteroatoms. The van der Waals surface area contributed by atoms with Gasteiger partial charge in [-0.15, -0.1) is 0 Å². The van der Waals surface area contributed by atoms with E-state index in [1.807, 2.05) is 0 Å². The van der Waals surface area contributed by atoms with Gasteiger partial charge < -0.3 is 10.2 Å². The Labute approximate surface area is 161 Å². The van der Waals surface area contributed by atoms with Crippen molar-refractivity contribution in [2.45, 2.75) is 12.8 Å². The second-order valence-electron chi connectivity index (χ2n) is 6.84. The van der Waals surface area contributed by atoms with Gasteiger partial charge >= 0.3 is 0 Å². The number of phenols is 2. The van der Waals surface area contributed by atoms with E-state index in [9.17, 15) is 19.8 Å². The van der Waals surface area contributed by atoms with Crippen LogP contribution in [0.3, 0.4) is 0 Å². The molecule has 4 rings (SSSR count). The van der Waals surface area contributed by atoms with E-state index in [2.05, 4.69) is 0 Å². The summed E-state index contributed by atoms with van der Waals surface area (Å²) in [5.41, 5.74) is 1.11. The summed E-state index contributed by atoms with van der Waals surface area (Å²) in [7, 11) is 0. The molecule has 138 valence electrons. The van der Waals surface area contributed by atoms with Crippen LogP contribution in [0.4, 0.5) is 0 Å². The van der Waals surface area contributed by atoms with Crippen LogP contribution in [0.5, 0.6) is 11.5 Å². The van der Waals surface area contributed by atoms with E-state index in [0.29, 0.717) is 11.1 Å². The number of fused-ring (bicyclic) bond motifs is 2. The zero-order chi connectivity index (χ0) is 19.7. The molecule has 0 amide bonds. The number of phenolic OH excluding ortho intramolecular Hbond substituents is 2. The topological polar surface area (TPSA) is 74.6 Å². The van der Waals surface area contributed by atoms with Gasteiger partial charge in [-0.05, 0) is 57.9 Å². The van der Waals surface area contributed by atoms with E-state index in [1.54, 1.807) is 72.8 Å². The molecule has 28 heavy (non-hydrogen) atoms. The van der Waals surface area contributed by atoms with E-state index in [1.165, 1.54) is 0 Å². The molecule has 0 bridgehead atoms. The van der Waals surface area contributed by atoms with E-state index in [4.69, 9.17) is 0 Å². The van der Waals surface area contributed by atoms with Crippen LogP contribution in [0.15, 0.2) is 72.8 Å². The Morgan fingerprint density at radius 2 is 0.893 bits per heavy atom. The van der Waals surface area contributed by atoms with Gasteiger partial charge in [-0.3, -0.25) is 9.59 Å². The first-order chi connectivity index (χ1) is 13.5. The minimum atomic E-state index is -0.0889. The lowest BCUT2D eigenvalue weighted by atomic mass is 9.98. The van der Waals surface area contributed by atoms with Gasteiger partial charge in [-0.1, -0.05) is 36.4 Å². The van der Waals surface area contributed by atoms with E-state index in [0.717, 1.165) is 21.5 Å². The van der Waals surface area contributed by atoms with Crippen molar-refractivity contribution >= 4 is 33.1 Å². The van der Waals surface area contributed by atoms with Gasteiger partial charge in [0.1, 0.15) is 11.5 Å². The fraction of sp³-hybridized carbons (Fsp3) is 0.0833. The van der Waals surface area contributed by atoms with Gasteiger partial charge in [0.05, 0.1) is 0 Å². The first-order valence-electron chi connectivity index (χ1n) is 9.01. The van der Waals surface area contributed by atoms with E-state index in [-0.39, 0.29) is 35.9 Å². The first kappa shape index (κ1) is 17.7. The Balaban J connectivity index is 1.47. The fourth-order valence-electron chi connectivity index (χ4n) is 3.33. The van der Waals surface area contributed by atoms with Crippen LogP contribution in [0.25, 0.3) is 21.5 Å². The van der Waals surface area contributed by atoms with Crippen LogP contribution < -0.4 is 0 Å². The number of hydrogen-bond donors (Lipinski definition) is 2. The van der Waals surface area contributed by atoms with Crippen LogP contribution in [0.2, 0.25) is 0 Å². The second-order valence-corrected chi connectivity index (χ2v) is 6.84. The van der Waals surface area contributed by atoms with E-state index >= 15 is 0 Å². The maximum absolute atomic E-state index is 12.5. The fourth-order valence-corrected chi connectivity index (χ4v) is 3.33. The summed E-state index contributed by atoms with van der Waals surface area (Å²) in [6, 6.07) is 20.6. The molecule has 4 aromatic rings. The summed E-state index contributed by atoms with van der Waals surface area (Å²) in [4.78, 5) is 25.0.